The molecule has 6 heteroatoms. The average Bonchev–Trinajstić information content (AvgIpc) is 2.46. The Kier molecular flexibility index (Phi) is 3.72. The van der Waals surface area contributed by atoms with Gasteiger partial charge in [-0.15, -0.1) is 0 Å². The van der Waals surface area contributed by atoms with Crippen LogP contribution in [0.5, 0.6) is 0 Å². The zero-order chi connectivity index (χ0) is 13.8. The molecule has 3 N–H and O–H groups in total. The molecule has 1 heterocycles. The van der Waals surface area contributed by atoms with Gasteiger partial charge in [-0.1, -0.05) is 17.7 Å². The molecule has 98 valence electrons. The number of hydrogen-bond donors (Lipinski definition) is 2. The van der Waals surface area contributed by atoms with Crippen LogP contribution >= 0.6 is 0 Å². The van der Waals surface area contributed by atoms with Crippen LogP contribution in [0.25, 0.3) is 0 Å². The topological polar surface area (TPSA) is 84.1 Å². The van der Waals surface area contributed by atoms with Crippen LogP contribution in [-0.4, -0.2) is 22.9 Å². The van der Waals surface area contributed by atoms with Crippen molar-refractivity contribution in [2.45, 2.75) is 6.92 Å². The van der Waals surface area contributed by atoms with E-state index in [1.54, 1.807) is 7.05 Å². The minimum absolute atomic E-state index is 0.235. The number of aromatic nitrogens is 2. The summed E-state index contributed by atoms with van der Waals surface area (Å²) in [5.41, 5.74) is 4.53. The highest BCUT2D eigenvalue weighted by atomic mass is 16.2. The molecular formula is C13H15N5O. The van der Waals surface area contributed by atoms with E-state index >= 15 is 0 Å². The Labute approximate surface area is 111 Å². The van der Waals surface area contributed by atoms with Gasteiger partial charge < -0.3 is 10.3 Å². The number of carbonyl (C=O) groups is 1. The van der Waals surface area contributed by atoms with Crippen LogP contribution in [-0.2, 0) is 0 Å². The van der Waals surface area contributed by atoms with Gasteiger partial charge in [-0.25, -0.2) is 10.8 Å². The third-order valence-electron chi connectivity index (χ3n) is 2.73. The molecule has 0 saturated heterocycles. The smallest absolute Gasteiger partial charge is 0.278 e. The van der Waals surface area contributed by atoms with Crippen molar-refractivity contribution in [1.29, 1.82) is 0 Å². The number of hydrazine groups is 1. The lowest BCUT2D eigenvalue weighted by atomic mass is 10.2. The molecule has 0 atom stereocenters. The van der Waals surface area contributed by atoms with E-state index in [-0.39, 0.29) is 11.6 Å². The fraction of sp³-hybridized carbons (Fsp3) is 0.154. The predicted molar refractivity (Wildman–Crippen MR) is 73.8 cm³/mol. The summed E-state index contributed by atoms with van der Waals surface area (Å²) >= 11 is 0. The minimum atomic E-state index is -0.242. The van der Waals surface area contributed by atoms with Gasteiger partial charge in [-0.3, -0.25) is 9.78 Å². The first-order valence-electron chi connectivity index (χ1n) is 5.75. The van der Waals surface area contributed by atoms with Crippen LogP contribution in [0.4, 0.5) is 11.5 Å². The normalized spacial score (nSPS) is 10.1. The zero-order valence-electron chi connectivity index (χ0n) is 10.8. The quantitative estimate of drug-likeness (QED) is 0.640. The molecule has 0 spiro atoms. The first-order chi connectivity index (χ1) is 9.11. The summed E-state index contributed by atoms with van der Waals surface area (Å²) in [5.74, 6) is 5.35. The van der Waals surface area contributed by atoms with Crippen molar-refractivity contribution in [3.8, 4) is 0 Å². The second kappa shape index (κ2) is 5.45. The summed E-state index contributed by atoms with van der Waals surface area (Å²) < 4.78 is 0. The number of rotatable bonds is 3. The Morgan fingerprint density at radius 3 is 2.58 bits per heavy atom. The van der Waals surface area contributed by atoms with Crippen LogP contribution < -0.4 is 16.2 Å². The van der Waals surface area contributed by atoms with Crippen molar-refractivity contribution < 1.29 is 4.79 Å². The van der Waals surface area contributed by atoms with E-state index in [4.69, 9.17) is 5.84 Å². The van der Waals surface area contributed by atoms with Gasteiger partial charge >= 0.3 is 0 Å². The Balaban J connectivity index is 2.25. The lowest BCUT2D eigenvalue weighted by Crippen LogP contribution is -2.27. The summed E-state index contributed by atoms with van der Waals surface area (Å²) in [6, 6.07) is 7.66. The van der Waals surface area contributed by atoms with Crippen molar-refractivity contribution in [3.05, 3.63) is 47.9 Å². The molecule has 19 heavy (non-hydrogen) atoms. The van der Waals surface area contributed by atoms with Gasteiger partial charge in [0.25, 0.3) is 5.91 Å². The lowest BCUT2D eigenvalue weighted by molar-refractivity contribution is 0.0988. The van der Waals surface area contributed by atoms with E-state index in [0.29, 0.717) is 5.82 Å². The van der Waals surface area contributed by atoms with Crippen molar-refractivity contribution in [2.24, 2.45) is 5.84 Å². The number of carbonyl (C=O) groups excluding carboxylic acids is 1. The molecule has 6 nitrogen and oxygen atoms in total. The maximum Gasteiger partial charge on any atom is 0.278 e. The summed E-state index contributed by atoms with van der Waals surface area (Å²) in [6.07, 6.45) is 2.86. The van der Waals surface area contributed by atoms with Crippen LogP contribution in [0.3, 0.4) is 0 Å². The third kappa shape index (κ3) is 2.86. The SMILES string of the molecule is Cc1ccc(N(C)C(=O)c2cncc(NN)n2)cc1. The summed E-state index contributed by atoms with van der Waals surface area (Å²) in [5, 5.41) is 0. The lowest BCUT2D eigenvalue weighted by Gasteiger charge is -2.17. The van der Waals surface area contributed by atoms with E-state index in [1.807, 2.05) is 31.2 Å². The maximum atomic E-state index is 12.3. The highest BCUT2D eigenvalue weighted by Gasteiger charge is 2.15. The molecule has 2 aromatic rings. The van der Waals surface area contributed by atoms with Gasteiger partial charge in [-0.2, -0.15) is 0 Å². The number of anilines is 2. The molecular weight excluding hydrogens is 242 g/mol. The molecule has 1 amide bonds. The zero-order valence-corrected chi connectivity index (χ0v) is 10.8. The number of benzene rings is 1. The fourth-order valence-electron chi connectivity index (χ4n) is 1.60. The molecule has 1 aromatic heterocycles. The number of hydrogen-bond acceptors (Lipinski definition) is 5. The van der Waals surface area contributed by atoms with Crippen LogP contribution in [0, 0.1) is 6.92 Å². The number of amides is 1. The van der Waals surface area contributed by atoms with E-state index in [9.17, 15) is 4.79 Å². The standard InChI is InChI=1S/C13H15N5O/c1-9-3-5-10(6-4-9)18(2)13(19)11-7-15-8-12(16-11)17-14/h3-8H,14H2,1-2H3,(H,16,17). The van der Waals surface area contributed by atoms with Crippen molar-refractivity contribution >= 4 is 17.4 Å². The van der Waals surface area contributed by atoms with E-state index in [1.165, 1.54) is 17.3 Å². The van der Waals surface area contributed by atoms with Gasteiger partial charge in [0, 0.05) is 12.7 Å². The van der Waals surface area contributed by atoms with Crippen LogP contribution in [0.2, 0.25) is 0 Å². The van der Waals surface area contributed by atoms with Gasteiger partial charge in [0.2, 0.25) is 0 Å². The Morgan fingerprint density at radius 1 is 1.26 bits per heavy atom. The minimum Gasteiger partial charge on any atom is -0.310 e. The third-order valence-corrected chi connectivity index (χ3v) is 2.73. The fourth-order valence-corrected chi connectivity index (χ4v) is 1.60. The second-order valence-corrected chi connectivity index (χ2v) is 4.13. The van der Waals surface area contributed by atoms with E-state index < -0.39 is 0 Å². The Morgan fingerprint density at radius 2 is 1.95 bits per heavy atom. The monoisotopic (exact) mass is 257 g/mol. The molecule has 0 aliphatic rings. The van der Waals surface area contributed by atoms with Gasteiger partial charge in [0.05, 0.1) is 12.4 Å². The number of nitrogens with one attached hydrogen (secondary N) is 1. The maximum absolute atomic E-state index is 12.3. The molecule has 0 radical (unpaired) electrons. The Hall–Kier alpha value is -2.47. The molecule has 0 bridgehead atoms. The van der Waals surface area contributed by atoms with Crippen molar-refractivity contribution in [1.82, 2.24) is 9.97 Å². The molecule has 1 aromatic carbocycles. The van der Waals surface area contributed by atoms with E-state index in [0.717, 1.165) is 11.3 Å². The first-order valence-corrected chi connectivity index (χ1v) is 5.75. The van der Waals surface area contributed by atoms with Gasteiger partial charge in [0.1, 0.15) is 5.69 Å². The van der Waals surface area contributed by atoms with E-state index in [2.05, 4.69) is 15.4 Å². The first kappa shape index (κ1) is 13.0. The summed E-state index contributed by atoms with van der Waals surface area (Å²) in [7, 11) is 1.69. The summed E-state index contributed by atoms with van der Waals surface area (Å²) in [4.78, 5) is 21.8. The van der Waals surface area contributed by atoms with Gasteiger partial charge in [-0.05, 0) is 19.1 Å². The molecule has 0 aliphatic carbocycles. The highest BCUT2D eigenvalue weighted by Crippen LogP contribution is 2.15. The second-order valence-electron chi connectivity index (χ2n) is 4.13. The molecule has 2 rings (SSSR count). The molecule has 0 unspecified atom stereocenters. The molecule has 0 fully saturated rings. The number of aryl methyl sites for hydroxylation is 1. The number of nitrogens with zero attached hydrogens (tertiary/aromatic N) is 3. The average molecular weight is 257 g/mol. The van der Waals surface area contributed by atoms with Crippen LogP contribution in [0.1, 0.15) is 16.1 Å². The van der Waals surface area contributed by atoms with Crippen LogP contribution in [0.15, 0.2) is 36.7 Å². The molecule has 0 saturated carbocycles. The van der Waals surface area contributed by atoms with Crippen molar-refractivity contribution in [2.75, 3.05) is 17.4 Å². The van der Waals surface area contributed by atoms with Crippen molar-refractivity contribution in [3.63, 3.8) is 0 Å². The number of nitrogen functional groups attached to an aromatic ring is 1. The number of nitrogens with two attached hydrogens (primary N) is 1. The Bertz CT molecular complexity index is 582. The van der Waals surface area contributed by atoms with Gasteiger partial charge in [0.15, 0.2) is 5.82 Å². The largest absolute Gasteiger partial charge is 0.310 e. The predicted octanol–water partition coefficient (Wildman–Crippen LogP) is 1.35. The summed E-state index contributed by atoms with van der Waals surface area (Å²) in [6.45, 7) is 1.99. The highest BCUT2D eigenvalue weighted by molar-refractivity contribution is 6.04. The molecule has 0 aliphatic heterocycles.